The number of urea groups is 1. The van der Waals surface area contributed by atoms with E-state index in [0.717, 1.165) is 4.90 Å². The fourth-order valence-electron chi connectivity index (χ4n) is 2.66. The minimum absolute atomic E-state index is 0.00518. The first-order chi connectivity index (χ1) is 13.8. The van der Waals surface area contributed by atoms with Crippen LogP contribution in [0.3, 0.4) is 0 Å². The van der Waals surface area contributed by atoms with Crippen molar-refractivity contribution in [3.8, 4) is 5.75 Å². The monoisotopic (exact) mass is 526 g/mol. The molecule has 1 N–H and O–H groups in total. The number of amides is 3. The molecule has 1 aliphatic rings. The first-order valence-electron chi connectivity index (χ1n) is 8.47. The lowest BCUT2D eigenvalue weighted by molar-refractivity contribution is -0.123. The van der Waals surface area contributed by atoms with Gasteiger partial charge in [-0.2, -0.15) is 0 Å². The molecule has 8 nitrogen and oxygen atoms in total. The van der Waals surface area contributed by atoms with E-state index < -0.39 is 17.9 Å². The molecule has 152 valence electrons. The second-order valence-electron chi connectivity index (χ2n) is 5.88. The number of imide groups is 1. The molecule has 0 radical (unpaired) electrons. The fraction of sp³-hybridized carbons (Fsp3) is 0.211. The molecule has 1 fully saturated rings. The minimum atomic E-state index is -0.638. The van der Waals surface area contributed by atoms with Crippen molar-refractivity contribution in [2.75, 3.05) is 13.7 Å². The molecule has 29 heavy (non-hydrogen) atoms. The number of nitrogens with one attached hydrogen (secondary N) is 1. The molecular weight excluding hydrogens is 512 g/mol. The molecule has 3 rings (SSSR count). The average molecular weight is 528 g/mol. The van der Waals surface area contributed by atoms with Gasteiger partial charge in [0.1, 0.15) is 17.2 Å². The zero-order chi connectivity index (χ0) is 21.1. The predicted octanol–water partition coefficient (Wildman–Crippen LogP) is 4.08. The second kappa shape index (κ2) is 8.83. The summed E-state index contributed by atoms with van der Waals surface area (Å²) in [6.45, 7) is 2.27. The van der Waals surface area contributed by atoms with E-state index in [1.165, 1.54) is 19.2 Å². The van der Waals surface area contributed by atoms with Gasteiger partial charge in [-0.3, -0.25) is 9.69 Å². The third-order valence-corrected chi connectivity index (χ3v) is 5.12. The Hall–Kier alpha value is -2.59. The zero-order valence-electron chi connectivity index (χ0n) is 15.5. The highest BCUT2D eigenvalue weighted by atomic mass is 79.9. The number of carbonyl (C=O) groups excluding carboxylic acids is 3. The molecule has 1 saturated heterocycles. The number of nitrogens with zero attached hydrogens (tertiary/aromatic N) is 1. The van der Waals surface area contributed by atoms with Crippen LogP contribution in [0.4, 0.5) is 4.79 Å². The minimum Gasteiger partial charge on any atom is -0.492 e. The SMILES string of the molecule is CCOc1c(Br)cc(/C=C2\NC(=O)N(Cc3ccc(C(=O)OC)o3)C2=O)cc1Br. The Morgan fingerprint density at radius 1 is 1.24 bits per heavy atom. The average Bonchev–Trinajstić information content (AvgIpc) is 3.25. The van der Waals surface area contributed by atoms with Gasteiger partial charge >= 0.3 is 12.0 Å². The van der Waals surface area contributed by atoms with Crippen LogP contribution < -0.4 is 10.1 Å². The van der Waals surface area contributed by atoms with Crippen molar-refractivity contribution in [2.24, 2.45) is 0 Å². The highest BCUT2D eigenvalue weighted by Gasteiger charge is 2.34. The summed E-state index contributed by atoms with van der Waals surface area (Å²) in [5.41, 5.74) is 0.807. The third-order valence-electron chi connectivity index (χ3n) is 3.94. The van der Waals surface area contributed by atoms with E-state index in [4.69, 9.17) is 9.15 Å². The van der Waals surface area contributed by atoms with Crippen LogP contribution in [0.15, 0.2) is 43.3 Å². The lowest BCUT2D eigenvalue weighted by Crippen LogP contribution is -2.30. The summed E-state index contributed by atoms with van der Waals surface area (Å²) in [6, 6.07) is 5.90. The maximum Gasteiger partial charge on any atom is 0.373 e. The summed E-state index contributed by atoms with van der Waals surface area (Å²) in [6.07, 6.45) is 1.56. The van der Waals surface area contributed by atoms with Crippen molar-refractivity contribution < 1.29 is 28.3 Å². The van der Waals surface area contributed by atoms with Crippen molar-refractivity contribution in [1.82, 2.24) is 10.2 Å². The number of hydrogen-bond acceptors (Lipinski definition) is 6. The molecule has 0 unspecified atom stereocenters. The zero-order valence-corrected chi connectivity index (χ0v) is 18.6. The number of benzene rings is 1. The van der Waals surface area contributed by atoms with Crippen LogP contribution in [0.2, 0.25) is 0 Å². The predicted molar refractivity (Wildman–Crippen MR) is 110 cm³/mol. The summed E-state index contributed by atoms with van der Waals surface area (Å²) in [7, 11) is 1.23. The standard InChI is InChI=1S/C19H16Br2N2O6/c1-3-28-16-12(20)6-10(7-13(16)21)8-14-17(24)23(19(26)22-14)9-11-4-5-15(29-11)18(25)27-2/h4-8H,3,9H2,1-2H3,(H,22,26)/b14-8-. The van der Waals surface area contributed by atoms with Gasteiger partial charge in [0.25, 0.3) is 5.91 Å². The molecule has 1 aromatic heterocycles. The quantitative estimate of drug-likeness (QED) is 0.345. The number of esters is 1. The number of rotatable bonds is 6. The first-order valence-corrected chi connectivity index (χ1v) is 10.1. The van der Waals surface area contributed by atoms with Crippen LogP contribution in [-0.2, 0) is 16.1 Å². The molecular formula is C19H16Br2N2O6. The van der Waals surface area contributed by atoms with Gasteiger partial charge < -0.3 is 19.2 Å². The van der Waals surface area contributed by atoms with Crippen LogP contribution in [0, 0.1) is 0 Å². The van der Waals surface area contributed by atoms with Gasteiger partial charge in [-0.15, -0.1) is 0 Å². The van der Waals surface area contributed by atoms with E-state index in [-0.39, 0.29) is 23.8 Å². The fourth-order valence-corrected chi connectivity index (χ4v) is 4.11. The van der Waals surface area contributed by atoms with Gasteiger partial charge in [-0.25, -0.2) is 9.59 Å². The van der Waals surface area contributed by atoms with E-state index in [0.29, 0.717) is 26.9 Å². The Morgan fingerprint density at radius 3 is 2.55 bits per heavy atom. The van der Waals surface area contributed by atoms with Gasteiger partial charge in [0.05, 0.1) is 29.2 Å². The number of carbonyl (C=O) groups is 3. The molecule has 1 aliphatic heterocycles. The summed E-state index contributed by atoms with van der Waals surface area (Å²) in [4.78, 5) is 37.4. The van der Waals surface area contributed by atoms with Crippen molar-refractivity contribution in [1.29, 1.82) is 0 Å². The van der Waals surface area contributed by atoms with Crippen LogP contribution in [0.25, 0.3) is 6.08 Å². The maximum absolute atomic E-state index is 12.7. The Balaban J connectivity index is 1.80. The Kier molecular flexibility index (Phi) is 6.43. The molecule has 0 atom stereocenters. The Labute approximate surface area is 183 Å². The van der Waals surface area contributed by atoms with Crippen LogP contribution in [0.5, 0.6) is 5.75 Å². The first kappa shape index (κ1) is 21.1. The van der Waals surface area contributed by atoms with E-state index in [2.05, 4.69) is 41.9 Å². The van der Waals surface area contributed by atoms with Crippen LogP contribution >= 0.6 is 31.9 Å². The van der Waals surface area contributed by atoms with Gasteiger partial charge in [-0.1, -0.05) is 0 Å². The van der Waals surface area contributed by atoms with Gasteiger partial charge in [0.15, 0.2) is 0 Å². The molecule has 3 amide bonds. The summed E-state index contributed by atoms with van der Waals surface area (Å²) in [5, 5.41) is 2.55. The molecule has 10 heteroatoms. The molecule has 0 spiro atoms. The number of ether oxygens (including phenoxy) is 2. The number of hydrogen-bond donors (Lipinski definition) is 1. The summed E-state index contributed by atoms with van der Waals surface area (Å²) in [5.74, 6) is -0.221. The van der Waals surface area contributed by atoms with Gasteiger partial charge in [0.2, 0.25) is 5.76 Å². The maximum atomic E-state index is 12.7. The lowest BCUT2D eigenvalue weighted by atomic mass is 10.2. The van der Waals surface area contributed by atoms with Crippen LogP contribution in [-0.4, -0.2) is 36.5 Å². The summed E-state index contributed by atoms with van der Waals surface area (Å²) < 4.78 is 16.8. The Morgan fingerprint density at radius 2 is 1.93 bits per heavy atom. The van der Waals surface area contributed by atoms with Gasteiger partial charge in [-0.05, 0) is 74.7 Å². The van der Waals surface area contributed by atoms with E-state index in [9.17, 15) is 14.4 Å². The van der Waals surface area contributed by atoms with Crippen LogP contribution in [0.1, 0.15) is 28.8 Å². The molecule has 0 bridgehead atoms. The van der Waals surface area contributed by atoms with Crippen molar-refractivity contribution in [2.45, 2.75) is 13.5 Å². The van der Waals surface area contributed by atoms with Crippen molar-refractivity contribution >= 4 is 55.8 Å². The van der Waals surface area contributed by atoms with E-state index >= 15 is 0 Å². The normalized spacial score (nSPS) is 15.0. The van der Waals surface area contributed by atoms with Crippen molar-refractivity contribution in [3.63, 3.8) is 0 Å². The number of methoxy groups -OCH3 is 1. The highest BCUT2D eigenvalue weighted by molar-refractivity contribution is 9.11. The summed E-state index contributed by atoms with van der Waals surface area (Å²) >= 11 is 6.87. The molecule has 1 aromatic carbocycles. The highest BCUT2D eigenvalue weighted by Crippen LogP contribution is 2.35. The lowest BCUT2D eigenvalue weighted by Gasteiger charge is -2.10. The van der Waals surface area contributed by atoms with Crippen molar-refractivity contribution in [3.05, 3.63) is 56.0 Å². The molecule has 2 aromatic rings. The Bertz CT molecular complexity index is 991. The van der Waals surface area contributed by atoms with Gasteiger partial charge in [0, 0.05) is 0 Å². The molecule has 2 heterocycles. The second-order valence-corrected chi connectivity index (χ2v) is 7.59. The molecule has 0 saturated carbocycles. The van der Waals surface area contributed by atoms with E-state index in [1.54, 1.807) is 18.2 Å². The number of furan rings is 1. The molecule has 0 aliphatic carbocycles. The largest absolute Gasteiger partial charge is 0.492 e. The topological polar surface area (TPSA) is 98.1 Å². The number of halogens is 2. The third kappa shape index (κ3) is 4.54. The van der Waals surface area contributed by atoms with E-state index in [1.807, 2.05) is 6.92 Å². The smallest absolute Gasteiger partial charge is 0.373 e.